The number of hydrogen-bond acceptors (Lipinski definition) is 4. The maximum absolute atomic E-state index is 13.3. The van der Waals surface area contributed by atoms with Gasteiger partial charge in [-0.15, -0.1) is 0 Å². The molecule has 1 atom stereocenters. The van der Waals surface area contributed by atoms with Gasteiger partial charge in [-0.3, -0.25) is 9.89 Å². The summed E-state index contributed by atoms with van der Waals surface area (Å²) in [7, 11) is -1.69. The Bertz CT molecular complexity index is 896. The zero-order valence-electron chi connectivity index (χ0n) is 20.9. The fourth-order valence-electron chi connectivity index (χ4n) is 6.11. The number of aliphatic hydroxyl groups is 1. The number of H-pyrrole nitrogens is 1. The van der Waals surface area contributed by atoms with Gasteiger partial charge < -0.3 is 20.6 Å². The van der Waals surface area contributed by atoms with Gasteiger partial charge >= 0.3 is 6.03 Å². The highest BCUT2D eigenvalue weighted by molar-refractivity contribution is 6.83. The Morgan fingerprint density at radius 1 is 1.18 bits per heavy atom. The first-order chi connectivity index (χ1) is 15.5. The van der Waals surface area contributed by atoms with E-state index in [9.17, 15) is 14.7 Å². The van der Waals surface area contributed by atoms with Crippen molar-refractivity contribution in [1.82, 2.24) is 20.4 Å². The van der Waals surface area contributed by atoms with Crippen molar-refractivity contribution in [3.05, 3.63) is 11.3 Å². The van der Waals surface area contributed by atoms with Crippen LogP contribution in [0.1, 0.15) is 76.5 Å². The van der Waals surface area contributed by atoms with E-state index in [2.05, 4.69) is 40.5 Å². The largest absolute Gasteiger partial charge is 0.394 e. The Morgan fingerprint density at radius 3 is 2.39 bits per heavy atom. The number of nitrogens with one attached hydrogen (secondary N) is 3. The summed E-state index contributed by atoms with van der Waals surface area (Å²) >= 11 is 0. The standard InChI is InChI=1S/C24H41N5O3Si/c1-23(2)19-17(14-29(23)22(32)25-18(15-30)16-10-7-6-8-11-16)20(28-27-19)26-21(31)24(12-9-13-24)33(3,4)5/h16,18,30H,6-15H2,1-5H3,(H,25,32)(H2,26,27,28,31). The predicted molar refractivity (Wildman–Crippen MR) is 132 cm³/mol. The summed E-state index contributed by atoms with van der Waals surface area (Å²) < 4.78 is 0. The second-order valence-corrected chi connectivity index (χ2v) is 17.3. The zero-order chi connectivity index (χ0) is 24.0. The third-order valence-electron chi connectivity index (χ3n) is 8.75. The topological polar surface area (TPSA) is 110 Å². The number of hydrogen-bond donors (Lipinski definition) is 4. The minimum Gasteiger partial charge on any atom is -0.394 e. The van der Waals surface area contributed by atoms with Crippen LogP contribution >= 0.6 is 0 Å². The molecule has 2 fully saturated rings. The van der Waals surface area contributed by atoms with E-state index in [-0.39, 0.29) is 29.6 Å². The molecule has 184 valence electrons. The molecule has 2 aliphatic carbocycles. The molecule has 3 aliphatic rings. The summed E-state index contributed by atoms with van der Waals surface area (Å²) in [6, 6.07) is -0.399. The van der Waals surface area contributed by atoms with E-state index in [4.69, 9.17) is 0 Å². The van der Waals surface area contributed by atoms with Crippen LogP contribution in [-0.4, -0.2) is 52.9 Å². The highest BCUT2D eigenvalue weighted by atomic mass is 28.3. The lowest BCUT2D eigenvalue weighted by Crippen LogP contribution is -2.52. The van der Waals surface area contributed by atoms with E-state index < -0.39 is 13.6 Å². The molecule has 0 radical (unpaired) electrons. The Morgan fingerprint density at radius 2 is 1.85 bits per heavy atom. The number of carbonyl (C=O) groups excluding carboxylic acids is 2. The lowest BCUT2D eigenvalue weighted by Gasteiger charge is -2.48. The molecule has 4 rings (SSSR count). The van der Waals surface area contributed by atoms with Crippen LogP contribution in [0, 0.1) is 5.92 Å². The zero-order valence-corrected chi connectivity index (χ0v) is 21.9. The molecule has 3 amide bonds. The van der Waals surface area contributed by atoms with E-state index in [1.165, 1.54) is 6.42 Å². The summed E-state index contributed by atoms with van der Waals surface area (Å²) in [5, 5.41) is 23.5. The second-order valence-electron chi connectivity index (χ2n) is 11.8. The molecular weight excluding hydrogens is 434 g/mol. The fraction of sp³-hybridized carbons (Fsp3) is 0.792. The number of aromatic amines is 1. The van der Waals surface area contributed by atoms with Crippen LogP contribution in [-0.2, 0) is 16.9 Å². The van der Waals surface area contributed by atoms with Crippen molar-refractivity contribution in [3.8, 4) is 0 Å². The van der Waals surface area contributed by atoms with Crippen LogP contribution in [0.4, 0.5) is 10.6 Å². The van der Waals surface area contributed by atoms with Crippen LogP contribution in [0.15, 0.2) is 0 Å². The van der Waals surface area contributed by atoms with Gasteiger partial charge in [0.15, 0.2) is 5.82 Å². The number of urea groups is 1. The first-order valence-electron chi connectivity index (χ1n) is 12.6. The quantitative estimate of drug-likeness (QED) is 0.459. The number of aromatic nitrogens is 2. The summed E-state index contributed by atoms with van der Waals surface area (Å²) in [4.78, 5) is 28.4. The van der Waals surface area contributed by atoms with Crippen molar-refractivity contribution in [3.63, 3.8) is 0 Å². The third-order valence-corrected chi connectivity index (χ3v) is 12.3. The summed E-state index contributed by atoms with van der Waals surface area (Å²) in [6.45, 7) is 11.1. The molecule has 0 spiro atoms. The molecular formula is C24H41N5O3Si. The lowest BCUT2D eigenvalue weighted by molar-refractivity contribution is -0.121. The molecule has 1 unspecified atom stereocenters. The van der Waals surface area contributed by atoms with Crippen LogP contribution in [0.3, 0.4) is 0 Å². The van der Waals surface area contributed by atoms with Crippen molar-refractivity contribution in [2.45, 2.75) is 108 Å². The van der Waals surface area contributed by atoms with Crippen LogP contribution in [0.5, 0.6) is 0 Å². The number of nitrogens with zero attached hydrogens (tertiary/aromatic N) is 2. The molecule has 2 heterocycles. The molecule has 2 saturated carbocycles. The summed E-state index contributed by atoms with van der Waals surface area (Å²) in [5.41, 5.74) is 1.16. The molecule has 0 bridgehead atoms. The fourth-order valence-corrected chi connectivity index (χ4v) is 8.70. The van der Waals surface area contributed by atoms with Crippen molar-refractivity contribution in [1.29, 1.82) is 0 Å². The van der Waals surface area contributed by atoms with Gasteiger partial charge in [-0.1, -0.05) is 45.3 Å². The van der Waals surface area contributed by atoms with E-state index in [1.807, 2.05) is 13.8 Å². The van der Waals surface area contributed by atoms with E-state index in [1.54, 1.807) is 4.90 Å². The molecule has 33 heavy (non-hydrogen) atoms. The first-order valence-corrected chi connectivity index (χ1v) is 16.1. The Labute approximate surface area is 198 Å². The third kappa shape index (κ3) is 4.11. The van der Waals surface area contributed by atoms with Crippen molar-refractivity contribution in [2.75, 3.05) is 11.9 Å². The van der Waals surface area contributed by atoms with Gasteiger partial charge in [-0.25, -0.2) is 4.79 Å². The molecule has 8 nitrogen and oxygen atoms in total. The number of carbonyl (C=O) groups is 2. The smallest absolute Gasteiger partial charge is 0.318 e. The molecule has 4 N–H and O–H groups in total. The monoisotopic (exact) mass is 475 g/mol. The average molecular weight is 476 g/mol. The van der Waals surface area contributed by atoms with Gasteiger partial charge in [0.2, 0.25) is 5.91 Å². The normalized spacial score (nSPS) is 22.9. The predicted octanol–water partition coefficient (Wildman–Crippen LogP) is 4.31. The molecule has 1 aliphatic heterocycles. The molecule has 1 aromatic heterocycles. The van der Waals surface area contributed by atoms with Gasteiger partial charge in [-0.2, -0.15) is 5.10 Å². The van der Waals surface area contributed by atoms with Crippen LogP contribution in [0.25, 0.3) is 0 Å². The van der Waals surface area contributed by atoms with E-state index in [0.717, 1.165) is 56.2 Å². The number of aliphatic hydroxyl groups excluding tert-OH is 1. The first kappa shape index (κ1) is 24.3. The molecule has 0 aromatic carbocycles. The Hall–Kier alpha value is -1.87. The van der Waals surface area contributed by atoms with Crippen molar-refractivity contribution >= 4 is 25.8 Å². The van der Waals surface area contributed by atoms with E-state index in [0.29, 0.717) is 18.3 Å². The number of rotatable bonds is 6. The summed E-state index contributed by atoms with van der Waals surface area (Å²) in [5.74, 6) is 0.961. The highest BCUT2D eigenvalue weighted by Gasteiger charge is 2.54. The van der Waals surface area contributed by atoms with Gasteiger partial charge in [0.05, 0.1) is 38.5 Å². The maximum atomic E-state index is 13.3. The Balaban J connectivity index is 1.48. The maximum Gasteiger partial charge on any atom is 0.318 e. The van der Waals surface area contributed by atoms with Gasteiger partial charge in [0.25, 0.3) is 0 Å². The van der Waals surface area contributed by atoms with Crippen molar-refractivity contribution in [2.24, 2.45) is 5.92 Å². The molecule has 0 saturated heterocycles. The lowest BCUT2D eigenvalue weighted by atomic mass is 9.83. The van der Waals surface area contributed by atoms with Gasteiger partial charge in [0.1, 0.15) is 0 Å². The summed E-state index contributed by atoms with van der Waals surface area (Å²) in [6.07, 6.45) is 8.64. The van der Waals surface area contributed by atoms with E-state index >= 15 is 0 Å². The molecule has 9 heteroatoms. The minimum atomic E-state index is -1.69. The molecule has 1 aromatic rings. The number of amides is 3. The SMILES string of the molecule is CC1(C)c2[nH]nc(NC(=O)C3([Si](C)(C)C)CCC3)c2CN1C(=O)NC(CO)C1CCCCC1. The second kappa shape index (κ2) is 8.72. The van der Waals surface area contributed by atoms with Crippen LogP contribution in [0.2, 0.25) is 24.7 Å². The average Bonchev–Trinajstić information content (AvgIpc) is 3.23. The number of anilines is 1. The van der Waals surface area contributed by atoms with Gasteiger partial charge in [-0.05, 0) is 45.4 Å². The number of fused-ring (bicyclic) bond motifs is 1. The highest BCUT2D eigenvalue weighted by Crippen LogP contribution is 2.56. The van der Waals surface area contributed by atoms with Gasteiger partial charge in [0, 0.05) is 10.6 Å². The minimum absolute atomic E-state index is 0.0440. The van der Waals surface area contributed by atoms with Crippen molar-refractivity contribution < 1.29 is 14.7 Å². The Kier molecular flexibility index (Phi) is 6.41. The van der Waals surface area contributed by atoms with Crippen LogP contribution < -0.4 is 10.6 Å².